The molecular formula is C11H14N2O4. The molecule has 0 amide bonds. The van der Waals surface area contributed by atoms with Crippen LogP contribution in [0.3, 0.4) is 0 Å². The third kappa shape index (κ3) is 2.72. The highest BCUT2D eigenvalue weighted by molar-refractivity contribution is 5.38. The number of hydrogen-bond donors (Lipinski definition) is 1. The van der Waals surface area contributed by atoms with Gasteiger partial charge in [-0.05, 0) is 6.07 Å². The lowest BCUT2D eigenvalue weighted by molar-refractivity contribution is -0.385. The standard InChI is InChI=1S/C11H14N2O4/c1-16-10-6-12-7-11(10)17-9-4-2-3-8(5-9)13(14)15/h2-5,10-12H,6-7H2,1H3/t10-,11-/m1/s1. The van der Waals surface area contributed by atoms with E-state index in [1.165, 1.54) is 12.1 Å². The number of methoxy groups -OCH3 is 1. The van der Waals surface area contributed by atoms with Gasteiger partial charge in [0.25, 0.3) is 5.69 Å². The van der Waals surface area contributed by atoms with Crippen LogP contribution in [0, 0.1) is 10.1 Å². The van der Waals surface area contributed by atoms with Crippen LogP contribution in [0.5, 0.6) is 5.75 Å². The van der Waals surface area contributed by atoms with Crippen molar-refractivity contribution in [2.75, 3.05) is 20.2 Å². The Kier molecular flexibility index (Phi) is 3.55. The molecule has 0 spiro atoms. The zero-order chi connectivity index (χ0) is 12.3. The maximum Gasteiger partial charge on any atom is 0.273 e. The number of ether oxygens (including phenoxy) is 2. The van der Waals surface area contributed by atoms with Crippen LogP contribution in [0.4, 0.5) is 5.69 Å². The van der Waals surface area contributed by atoms with Crippen molar-refractivity contribution in [2.24, 2.45) is 0 Å². The molecule has 1 N–H and O–H groups in total. The number of hydrogen-bond acceptors (Lipinski definition) is 5. The highest BCUT2D eigenvalue weighted by atomic mass is 16.6. The molecule has 0 aromatic heterocycles. The normalized spacial score (nSPS) is 23.6. The molecule has 0 saturated carbocycles. The average Bonchev–Trinajstić information content (AvgIpc) is 2.76. The molecule has 1 aromatic rings. The minimum absolute atomic E-state index is 0.0192. The number of nitrogens with zero attached hydrogens (tertiary/aromatic N) is 1. The van der Waals surface area contributed by atoms with Gasteiger partial charge in [0.2, 0.25) is 0 Å². The highest BCUT2D eigenvalue weighted by Gasteiger charge is 2.28. The third-order valence-electron chi connectivity index (χ3n) is 2.72. The van der Waals surface area contributed by atoms with E-state index in [2.05, 4.69) is 5.32 Å². The molecule has 0 unspecified atom stereocenters. The topological polar surface area (TPSA) is 73.6 Å². The van der Waals surface area contributed by atoms with E-state index in [1.807, 2.05) is 0 Å². The second kappa shape index (κ2) is 5.11. The molecule has 2 rings (SSSR count). The minimum Gasteiger partial charge on any atom is -0.486 e. The summed E-state index contributed by atoms with van der Waals surface area (Å²) in [5, 5.41) is 13.8. The van der Waals surface area contributed by atoms with Gasteiger partial charge in [-0.3, -0.25) is 10.1 Å². The first-order chi connectivity index (χ1) is 8.20. The Bertz CT molecular complexity index is 410. The van der Waals surface area contributed by atoms with Crippen LogP contribution < -0.4 is 10.1 Å². The van der Waals surface area contributed by atoms with Crippen LogP contribution in [0.1, 0.15) is 0 Å². The number of rotatable bonds is 4. The van der Waals surface area contributed by atoms with Crippen LogP contribution in [0.15, 0.2) is 24.3 Å². The molecule has 6 nitrogen and oxygen atoms in total. The summed E-state index contributed by atoms with van der Waals surface area (Å²) in [5.74, 6) is 0.495. The molecule has 1 saturated heterocycles. The number of nitro benzene ring substituents is 1. The van der Waals surface area contributed by atoms with Crippen molar-refractivity contribution in [3.63, 3.8) is 0 Å². The predicted molar refractivity (Wildman–Crippen MR) is 61.2 cm³/mol. The first-order valence-corrected chi connectivity index (χ1v) is 5.35. The van der Waals surface area contributed by atoms with E-state index >= 15 is 0 Å². The lowest BCUT2D eigenvalue weighted by Crippen LogP contribution is -2.31. The highest BCUT2D eigenvalue weighted by Crippen LogP contribution is 2.21. The number of nitrogens with one attached hydrogen (secondary N) is 1. The van der Waals surface area contributed by atoms with Gasteiger partial charge in [0.1, 0.15) is 18.0 Å². The number of nitro groups is 1. The van der Waals surface area contributed by atoms with Gasteiger partial charge in [0.05, 0.1) is 11.0 Å². The summed E-state index contributed by atoms with van der Waals surface area (Å²) in [4.78, 5) is 10.2. The average molecular weight is 238 g/mol. The maximum absolute atomic E-state index is 10.6. The Balaban J connectivity index is 2.07. The fourth-order valence-electron chi connectivity index (χ4n) is 1.83. The van der Waals surface area contributed by atoms with Gasteiger partial charge in [-0.25, -0.2) is 0 Å². The Morgan fingerprint density at radius 1 is 1.41 bits per heavy atom. The van der Waals surface area contributed by atoms with E-state index < -0.39 is 4.92 Å². The van der Waals surface area contributed by atoms with E-state index in [1.54, 1.807) is 19.2 Å². The number of non-ortho nitro benzene ring substituents is 1. The molecule has 2 atom stereocenters. The van der Waals surface area contributed by atoms with E-state index in [0.717, 1.165) is 6.54 Å². The molecule has 1 fully saturated rings. The van der Waals surface area contributed by atoms with E-state index in [0.29, 0.717) is 12.3 Å². The molecular weight excluding hydrogens is 224 g/mol. The van der Waals surface area contributed by atoms with Crippen LogP contribution in [-0.2, 0) is 4.74 Å². The van der Waals surface area contributed by atoms with Crippen molar-refractivity contribution in [1.29, 1.82) is 0 Å². The summed E-state index contributed by atoms with van der Waals surface area (Å²) < 4.78 is 10.9. The summed E-state index contributed by atoms with van der Waals surface area (Å²) in [6.45, 7) is 1.41. The van der Waals surface area contributed by atoms with Crippen molar-refractivity contribution in [1.82, 2.24) is 5.32 Å². The van der Waals surface area contributed by atoms with Gasteiger partial charge in [0.15, 0.2) is 0 Å². The van der Waals surface area contributed by atoms with E-state index in [4.69, 9.17) is 9.47 Å². The van der Waals surface area contributed by atoms with E-state index in [9.17, 15) is 10.1 Å². The first-order valence-electron chi connectivity index (χ1n) is 5.35. The molecule has 92 valence electrons. The van der Waals surface area contributed by atoms with Crippen molar-refractivity contribution in [2.45, 2.75) is 12.2 Å². The Morgan fingerprint density at radius 3 is 2.88 bits per heavy atom. The van der Waals surface area contributed by atoms with Crippen LogP contribution in [0.2, 0.25) is 0 Å². The fourth-order valence-corrected chi connectivity index (χ4v) is 1.83. The Labute approximate surface area is 98.7 Å². The zero-order valence-electron chi connectivity index (χ0n) is 9.46. The molecule has 0 aliphatic carbocycles. The first kappa shape index (κ1) is 11.8. The fraction of sp³-hybridized carbons (Fsp3) is 0.455. The van der Waals surface area contributed by atoms with Crippen LogP contribution in [-0.4, -0.2) is 37.3 Å². The van der Waals surface area contributed by atoms with E-state index in [-0.39, 0.29) is 17.9 Å². The van der Waals surface area contributed by atoms with Gasteiger partial charge < -0.3 is 14.8 Å². The second-order valence-corrected chi connectivity index (χ2v) is 3.84. The second-order valence-electron chi connectivity index (χ2n) is 3.84. The lowest BCUT2D eigenvalue weighted by atomic mass is 10.2. The monoisotopic (exact) mass is 238 g/mol. The minimum atomic E-state index is -0.437. The summed E-state index contributed by atoms with van der Waals surface area (Å²) in [6.07, 6.45) is -0.128. The zero-order valence-corrected chi connectivity index (χ0v) is 9.46. The molecule has 17 heavy (non-hydrogen) atoms. The molecule has 0 radical (unpaired) electrons. The van der Waals surface area contributed by atoms with Gasteiger partial charge in [-0.1, -0.05) is 6.07 Å². The SMILES string of the molecule is CO[C@@H]1CNC[C@H]1Oc1cccc([N+](=O)[O-])c1. The summed E-state index contributed by atoms with van der Waals surface area (Å²) in [5.41, 5.74) is 0.0300. The number of benzene rings is 1. The summed E-state index contributed by atoms with van der Waals surface area (Å²) in [6, 6.07) is 6.17. The Morgan fingerprint density at radius 2 is 2.18 bits per heavy atom. The molecule has 1 aromatic carbocycles. The summed E-state index contributed by atoms with van der Waals surface area (Å²) in [7, 11) is 1.63. The molecule has 1 aliphatic rings. The maximum atomic E-state index is 10.6. The van der Waals surface area contributed by atoms with Crippen molar-refractivity contribution in [3.8, 4) is 5.75 Å². The third-order valence-corrected chi connectivity index (χ3v) is 2.72. The van der Waals surface area contributed by atoms with Gasteiger partial charge in [0, 0.05) is 26.3 Å². The van der Waals surface area contributed by atoms with Gasteiger partial charge >= 0.3 is 0 Å². The largest absolute Gasteiger partial charge is 0.486 e. The van der Waals surface area contributed by atoms with Crippen LogP contribution in [0.25, 0.3) is 0 Å². The Hall–Kier alpha value is -1.66. The van der Waals surface area contributed by atoms with Gasteiger partial charge in [-0.15, -0.1) is 0 Å². The quantitative estimate of drug-likeness (QED) is 0.624. The molecule has 1 heterocycles. The molecule has 6 heteroatoms. The van der Waals surface area contributed by atoms with Crippen molar-refractivity contribution >= 4 is 5.69 Å². The van der Waals surface area contributed by atoms with Crippen molar-refractivity contribution < 1.29 is 14.4 Å². The van der Waals surface area contributed by atoms with Gasteiger partial charge in [-0.2, -0.15) is 0 Å². The van der Waals surface area contributed by atoms with Crippen molar-refractivity contribution in [3.05, 3.63) is 34.4 Å². The lowest BCUT2D eigenvalue weighted by Gasteiger charge is -2.18. The predicted octanol–water partition coefficient (Wildman–Crippen LogP) is 0.960. The summed E-state index contributed by atoms with van der Waals surface area (Å²) >= 11 is 0. The molecule has 1 aliphatic heterocycles. The van der Waals surface area contributed by atoms with Crippen LogP contribution >= 0.6 is 0 Å². The molecule has 0 bridgehead atoms. The smallest absolute Gasteiger partial charge is 0.273 e.